The summed E-state index contributed by atoms with van der Waals surface area (Å²) < 4.78 is 0. The molecule has 0 aromatic heterocycles. The molecule has 2 aliphatic rings. The zero-order valence-electron chi connectivity index (χ0n) is 7.05. The van der Waals surface area contributed by atoms with Gasteiger partial charge in [0.1, 0.15) is 5.78 Å². The minimum absolute atomic E-state index is 0.437. The van der Waals surface area contributed by atoms with E-state index in [4.69, 9.17) is 0 Å². The number of hydrogen-bond donors (Lipinski definition) is 0. The first-order valence-corrected chi connectivity index (χ1v) is 4.57. The van der Waals surface area contributed by atoms with Crippen molar-refractivity contribution in [2.45, 2.75) is 32.2 Å². The van der Waals surface area contributed by atoms with Crippen LogP contribution in [0.25, 0.3) is 0 Å². The van der Waals surface area contributed by atoms with Crippen molar-refractivity contribution in [1.29, 1.82) is 0 Å². The maximum Gasteiger partial charge on any atom is 0.148 e. The minimum atomic E-state index is 0.437. The Bertz CT molecular complexity index is 178. The zero-order valence-corrected chi connectivity index (χ0v) is 7.05. The number of Topliss-reactive ketones (excluding diaryl/α,β-unsaturated/α-hetero) is 1. The van der Waals surface area contributed by atoms with Crippen molar-refractivity contribution in [3.63, 3.8) is 0 Å². The van der Waals surface area contributed by atoms with Crippen molar-refractivity contribution >= 4 is 5.78 Å². The van der Waals surface area contributed by atoms with Crippen molar-refractivity contribution in [2.24, 2.45) is 5.92 Å². The highest BCUT2D eigenvalue weighted by atomic mass is 16.1. The lowest BCUT2D eigenvalue weighted by molar-refractivity contribution is -0.116. The van der Waals surface area contributed by atoms with Gasteiger partial charge in [-0.2, -0.15) is 0 Å². The molecule has 1 aliphatic carbocycles. The van der Waals surface area contributed by atoms with Gasteiger partial charge in [0.25, 0.3) is 0 Å². The highest BCUT2D eigenvalue weighted by Gasteiger charge is 2.42. The third-order valence-electron chi connectivity index (χ3n) is 2.94. The summed E-state index contributed by atoms with van der Waals surface area (Å²) in [6.07, 6.45) is 3.42. The van der Waals surface area contributed by atoms with Gasteiger partial charge < -0.3 is 0 Å². The van der Waals surface area contributed by atoms with Crippen LogP contribution in [0.1, 0.15) is 26.2 Å². The highest BCUT2D eigenvalue weighted by Crippen LogP contribution is 2.39. The Morgan fingerprint density at radius 2 is 2.45 bits per heavy atom. The van der Waals surface area contributed by atoms with Crippen LogP contribution in [0, 0.1) is 5.92 Å². The summed E-state index contributed by atoms with van der Waals surface area (Å²) in [4.78, 5) is 13.3. The third-order valence-corrected chi connectivity index (χ3v) is 2.94. The lowest BCUT2D eigenvalue weighted by Crippen LogP contribution is -2.24. The van der Waals surface area contributed by atoms with E-state index >= 15 is 0 Å². The molecule has 0 spiro atoms. The fraction of sp³-hybridized carbons (Fsp3) is 0.889. The van der Waals surface area contributed by atoms with Gasteiger partial charge in [0.05, 0.1) is 6.54 Å². The Hall–Kier alpha value is -0.370. The molecule has 1 aliphatic heterocycles. The zero-order chi connectivity index (χ0) is 7.84. The number of carbonyl (C=O) groups excluding carboxylic acids is 1. The summed E-state index contributed by atoms with van der Waals surface area (Å²) in [5, 5.41) is 0. The van der Waals surface area contributed by atoms with E-state index in [0.29, 0.717) is 5.78 Å². The van der Waals surface area contributed by atoms with Gasteiger partial charge in [0.15, 0.2) is 0 Å². The predicted molar refractivity (Wildman–Crippen MR) is 43.4 cm³/mol. The summed E-state index contributed by atoms with van der Waals surface area (Å²) in [7, 11) is 0. The van der Waals surface area contributed by atoms with E-state index in [1.165, 1.54) is 12.8 Å². The molecule has 1 saturated heterocycles. The molecule has 1 saturated carbocycles. The molecule has 0 aromatic carbocycles. The van der Waals surface area contributed by atoms with Gasteiger partial charge >= 0.3 is 0 Å². The molecule has 62 valence electrons. The first-order chi connectivity index (χ1) is 5.31. The Balaban J connectivity index is 1.84. The normalized spacial score (nSPS) is 38.1. The molecule has 2 rings (SSSR count). The average molecular weight is 153 g/mol. The second-order valence-electron chi connectivity index (χ2n) is 3.73. The van der Waals surface area contributed by atoms with E-state index in [-0.39, 0.29) is 0 Å². The lowest BCUT2D eigenvalue weighted by atomic mass is 10.3. The molecule has 2 unspecified atom stereocenters. The van der Waals surface area contributed by atoms with E-state index in [2.05, 4.69) is 11.8 Å². The summed E-state index contributed by atoms with van der Waals surface area (Å²) in [6.45, 7) is 4.00. The molecule has 0 bridgehead atoms. The van der Waals surface area contributed by atoms with E-state index in [0.717, 1.165) is 31.5 Å². The van der Waals surface area contributed by atoms with Crippen molar-refractivity contribution in [1.82, 2.24) is 4.90 Å². The molecule has 2 heteroatoms. The van der Waals surface area contributed by atoms with Crippen LogP contribution in [0.5, 0.6) is 0 Å². The number of ketones is 1. The van der Waals surface area contributed by atoms with Gasteiger partial charge in [0.2, 0.25) is 0 Å². The molecule has 0 N–H and O–H groups in total. The van der Waals surface area contributed by atoms with Crippen LogP contribution in [-0.4, -0.2) is 29.8 Å². The maximum absolute atomic E-state index is 10.9. The average Bonchev–Trinajstić information content (AvgIpc) is 2.68. The number of likely N-dealkylation sites (tertiary alicyclic amines) is 1. The van der Waals surface area contributed by atoms with Crippen molar-refractivity contribution in [3.05, 3.63) is 0 Å². The molecule has 0 aromatic rings. The fourth-order valence-electron chi connectivity index (χ4n) is 2.05. The topological polar surface area (TPSA) is 20.3 Å². The standard InChI is InChI=1S/C9H15NO/c1-2-7-5-9(7)10-4-3-8(11)6-10/h7,9H,2-6H2,1H3. The van der Waals surface area contributed by atoms with E-state index in [9.17, 15) is 4.79 Å². The monoisotopic (exact) mass is 153 g/mol. The van der Waals surface area contributed by atoms with Gasteiger partial charge in [-0.15, -0.1) is 0 Å². The van der Waals surface area contributed by atoms with Crippen LogP contribution in [0.3, 0.4) is 0 Å². The van der Waals surface area contributed by atoms with E-state index < -0.39 is 0 Å². The second-order valence-corrected chi connectivity index (χ2v) is 3.73. The summed E-state index contributed by atoms with van der Waals surface area (Å²) in [5.41, 5.74) is 0. The molecule has 2 nitrogen and oxygen atoms in total. The second kappa shape index (κ2) is 2.59. The minimum Gasteiger partial charge on any atom is -0.298 e. The van der Waals surface area contributed by atoms with Gasteiger partial charge in [-0.05, 0) is 12.3 Å². The van der Waals surface area contributed by atoms with Crippen LogP contribution in [0.15, 0.2) is 0 Å². The van der Waals surface area contributed by atoms with Crippen molar-refractivity contribution in [3.8, 4) is 0 Å². The molecule has 2 atom stereocenters. The molecular weight excluding hydrogens is 138 g/mol. The van der Waals surface area contributed by atoms with Crippen LogP contribution in [-0.2, 0) is 4.79 Å². The summed E-state index contributed by atoms with van der Waals surface area (Å²) in [5.74, 6) is 1.34. The van der Waals surface area contributed by atoms with Gasteiger partial charge in [0, 0.05) is 19.0 Å². The quantitative estimate of drug-likeness (QED) is 0.591. The molecule has 0 radical (unpaired) electrons. The fourth-order valence-corrected chi connectivity index (χ4v) is 2.05. The van der Waals surface area contributed by atoms with Crippen LogP contribution in [0.2, 0.25) is 0 Å². The summed E-state index contributed by atoms with van der Waals surface area (Å²) >= 11 is 0. The van der Waals surface area contributed by atoms with Gasteiger partial charge in [-0.1, -0.05) is 13.3 Å². The van der Waals surface area contributed by atoms with Crippen molar-refractivity contribution in [2.75, 3.05) is 13.1 Å². The van der Waals surface area contributed by atoms with E-state index in [1.54, 1.807) is 0 Å². The van der Waals surface area contributed by atoms with Gasteiger partial charge in [-0.3, -0.25) is 9.69 Å². The predicted octanol–water partition coefficient (Wildman–Crippen LogP) is 1.06. The number of carbonyl (C=O) groups is 1. The molecule has 2 fully saturated rings. The largest absolute Gasteiger partial charge is 0.298 e. The first kappa shape index (κ1) is 7.29. The molecule has 1 heterocycles. The molecule has 11 heavy (non-hydrogen) atoms. The Morgan fingerprint density at radius 1 is 1.64 bits per heavy atom. The first-order valence-electron chi connectivity index (χ1n) is 4.57. The van der Waals surface area contributed by atoms with Crippen molar-refractivity contribution < 1.29 is 4.79 Å². The SMILES string of the molecule is CCC1CC1N1CCC(=O)C1. The smallest absolute Gasteiger partial charge is 0.148 e. The molecule has 0 amide bonds. The number of hydrogen-bond acceptors (Lipinski definition) is 2. The Labute approximate surface area is 67.6 Å². The maximum atomic E-state index is 10.9. The third kappa shape index (κ3) is 1.32. The van der Waals surface area contributed by atoms with Crippen LogP contribution in [0.4, 0.5) is 0 Å². The molecular formula is C9H15NO. The number of nitrogens with zero attached hydrogens (tertiary/aromatic N) is 1. The van der Waals surface area contributed by atoms with Gasteiger partial charge in [-0.25, -0.2) is 0 Å². The Morgan fingerprint density at radius 3 is 2.91 bits per heavy atom. The number of rotatable bonds is 2. The summed E-state index contributed by atoms with van der Waals surface area (Å²) in [6, 6.07) is 0.770. The highest BCUT2D eigenvalue weighted by molar-refractivity contribution is 5.82. The van der Waals surface area contributed by atoms with Crippen LogP contribution < -0.4 is 0 Å². The van der Waals surface area contributed by atoms with E-state index in [1.807, 2.05) is 0 Å². The van der Waals surface area contributed by atoms with Crippen LogP contribution >= 0.6 is 0 Å². The Kier molecular flexibility index (Phi) is 1.72. The lowest BCUT2D eigenvalue weighted by Gasteiger charge is -2.12.